The maximum atomic E-state index is 12.6. The summed E-state index contributed by atoms with van der Waals surface area (Å²) in [6, 6.07) is -0.232. The van der Waals surface area contributed by atoms with Crippen molar-refractivity contribution in [1.82, 2.24) is 10.6 Å². The van der Waals surface area contributed by atoms with E-state index in [-0.39, 0.29) is 24.0 Å². The van der Waals surface area contributed by atoms with Crippen molar-refractivity contribution < 1.29 is 14.3 Å². The van der Waals surface area contributed by atoms with Gasteiger partial charge in [0, 0.05) is 6.04 Å². The zero-order chi connectivity index (χ0) is 17.0. The molecule has 2 rings (SSSR count). The molecule has 1 aliphatic carbocycles. The average Bonchev–Trinajstić information content (AvgIpc) is 2.89. The van der Waals surface area contributed by atoms with Crippen LogP contribution in [0.2, 0.25) is 0 Å². The first-order chi connectivity index (χ1) is 10.9. The van der Waals surface area contributed by atoms with Crippen LogP contribution in [0.4, 0.5) is 0 Å². The molecule has 1 saturated carbocycles. The first-order valence-corrected chi connectivity index (χ1v) is 9.13. The molecule has 1 saturated heterocycles. The van der Waals surface area contributed by atoms with Gasteiger partial charge in [-0.15, -0.1) is 0 Å². The number of rotatable bonds is 6. The summed E-state index contributed by atoms with van der Waals surface area (Å²) < 4.78 is 5.30. The Morgan fingerprint density at radius 3 is 2.48 bits per heavy atom. The van der Waals surface area contributed by atoms with Crippen molar-refractivity contribution in [3.05, 3.63) is 0 Å². The van der Waals surface area contributed by atoms with Gasteiger partial charge in [0.2, 0.25) is 5.91 Å². The van der Waals surface area contributed by atoms with E-state index in [1.54, 1.807) is 0 Å². The third-order valence-corrected chi connectivity index (χ3v) is 4.84. The molecule has 1 amide bonds. The number of fused-ring (bicyclic) bond motifs is 1. The van der Waals surface area contributed by atoms with E-state index < -0.39 is 6.04 Å². The number of hydrogen-bond donors (Lipinski definition) is 2. The molecular formula is C18H32N2O3. The number of carbonyl (C=O) groups excluding carboxylic acids is 2. The van der Waals surface area contributed by atoms with E-state index in [9.17, 15) is 9.59 Å². The highest BCUT2D eigenvalue weighted by molar-refractivity contribution is 5.87. The smallest absolute Gasteiger partial charge is 0.328 e. The van der Waals surface area contributed by atoms with Crippen molar-refractivity contribution in [3.63, 3.8) is 0 Å². The molecule has 132 valence electrons. The van der Waals surface area contributed by atoms with Crippen LogP contribution in [0.25, 0.3) is 0 Å². The Labute approximate surface area is 139 Å². The molecule has 5 heteroatoms. The highest BCUT2D eigenvalue weighted by atomic mass is 16.5. The number of hydrogen-bond acceptors (Lipinski definition) is 4. The lowest BCUT2D eigenvalue weighted by Gasteiger charge is -2.24. The van der Waals surface area contributed by atoms with Gasteiger partial charge in [-0.25, -0.2) is 4.79 Å². The van der Waals surface area contributed by atoms with Crippen LogP contribution >= 0.6 is 0 Å². The van der Waals surface area contributed by atoms with Crippen LogP contribution in [0.5, 0.6) is 0 Å². The summed E-state index contributed by atoms with van der Waals surface area (Å²) in [5.74, 6) is 0.563. The average molecular weight is 324 g/mol. The van der Waals surface area contributed by atoms with E-state index in [0.29, 0.717) is 24.3 Å². The summed E-state index contributed by atoms with van der Waals surface area (Å²) in [5, 5.41) is 6.40. The van der Waals surface area contributed by atoms with Crippen molar-refractivity contribution in [2.45, 2.75) is 90.4 Å². The molecule has 0 spiro atoms. The van der Waals surface area contributed by atoms with Gasteiger partial charge in [-0.2, -0.15) is 0 Å². The number of esters is 1. The fraction of sp³-hybridized carbons (Fsp3) is 0.889. The summed E-state index contributed by atoms with van der Waals surface area (Å²) in [4.78, 5) is 24.8. The second kappa shape index (κ2) is 8.13. The zero-order valence-corrected chi connectivity index (χ0v) is 14.9. The van der Waals surface area contributed by atoms with Gasteiger partial charge >= 0.3 is 5.97 Å². The highest BCUT2D eigenvalue weighted by Crippen LogP contribution is 2.33. The van der Waals surface area contributed by atoms with E-state index in [1.807, 2.05) is 27.7 Å². The Kier molecular flexibility index (Phi) is 6.45. The van der Waals surface area contributed by atoms with Crippen molar-refractivity contribution in [3.8, 4) is 0 Å². The lowest BCUT2D eigenvalue weighted by Crippen LogP contribution is -2.50. The molecule has 4 atom stereocenters. The van der Waals surface area contributed by atoms with E-state index in [1.165, 1.54) is 25.7 Å². The normalized spacial score (nSPS) is 28.5. The van der Waals surface area contributed by atoms with Crippen molar-refractivity contribution in [2.24, 2.45) is 11.8 Å². The van der Waals surface area contributed by atoms with Gasteiger partial charge in [-0.1, -0.05) is 26.7 Å². The quantitative estimate of drug-likeness (QED) is 0.736. The maximum absolute atomic E-state index is 12.6. The van der Waals surface area contributed by atoms with E-state index in [0.717, 1.165) is 6.42 Å². The molecule has 23 heavy (non-hydrogen) atoms. The molecule has 1 heterocycles. The topological polar surface area (TPSA) is 67.4 Å². The molecule has 0 bridgehead atoms. The van der Waals surface area contributed by atoms with Gasteiger partial charge in [0.05, 0.1) is 12.1 Å². The highest BCUT2D eigenvalue weighted by Gasteiger charge is 2.39. The van der Waals surface area contributed by atoms with Crippen LogP contribution < -0.4 is 10.6 Å². The monoisotopic (exact) mass is 324 g/mol. The number of nitrogens with one attached hydrogen (secondary N) is 2. The van der Waals surface area contributed by atoms with Crippen LogP contribution in [0.3, 0.4) is 0 Å². The summed E-state index contributed by atoms with van der Waals surface area (Å²) in [6.45, 7) is 7.75. The SMILES string of the molecule is CC(C)C[C@H](NC(=O)C1CC2CCCCC2N1)C(=O)OC(C)C. The predicted molar refractivity (Wildman–Crippen MR) is 89.9 cm³/mol. The van der Waals surface area contributed by atoms with Crippen LogP contribution in [0, 0.1) is 11.8 Å². The minimum absolute atomic E-state index is 0.0502. The molecule has 0 aromatic heterocycles. The first-order valence-electron chi connectivity index (χ1n) is 9.13. The van der Waals surface area contributed by atoms with E-state index >= 15 is 0 Å². The zero-order valence-electron chi connectivity index (χ0n) is 14.9. The molecule has 2 aliphatic rings. The van der Waals surface area contributed by atoms with Gasteiger partial charge in [0.1, 0.15) is 6.04 Å². The standard InChI is InChI=1S/C18H32N2O3/c1-11(2)9-16(18(22)23-12(3)4)20-17(21)15-10-13-7-5-6-8-14(13)19-15/h11-16,19H,5-10H2,1-4H3,(H,20,21)/t13?,14?,15?,16-/m0/s1. The third-order valence-electron chi connectivity index (χ3n) is 4.84. The molecule has 0 aromatic carbocycles. The molecular weight excluding hydrogens is 292 g/mol. The minimum Gasteiger partial charge on any atom is -0.461 e. The van der Waals surface area contributed by atoms with Crippen molar-refractivity contribution in [2.75, 3.05) is 0 Å². The van der Waals surface area contributed by atoms with Crippen molar-refractivity contribution in [1.29, 1.82) is 0 Å². The molecule has 2 fully saturated rings. The third kappa shape index (κ3) is 5.20. The lowest BCUT2D eigenvalue weighted by molar-refractivity contribution is -0.152. The lowest BCUT2D eigenvalue weighted by atomic mass is 9.85. The largest absolute Gasteiger partial charge is 0.461 e. The maximum Gasteiger partial charge on any atom is 0.328 e. The fourth-order valence-corrected chi connectivity index (χ4v) is 3.79. The second-order valence-corrected chi connectivity index (χ2v) is 7.78. The Morgan fingerprint density at radius 2 is 1.87 bits per heavy atom. The Morgan fingerprint density at radius 1 is 1.17 bits per heavy atom. The molecule has 5 nitrogen and oxygen atoms in total. The van der Waals surface area contributed by atoms with Crippen LogP contribution in [-0.4, -0.2) is 36.1 Å². The fourth-order valence-electron chi connectivity index (χ4n) is 3.79. The number of amides is 1. The summed E-state index contributed by atoms with van der Waals surface area (Å²) in [7, 11) is 0. The van der Waals surface area contributed by atoms with Gasteiger partial charge in [0.25, 0.3) is 0 Å². The van der Waals surface area contributed by atoms with Crippen LogP contribution in [-0.2, 0) is 14.3 Å². The van der Waals surface area contributed by atoms with Gasteiger partial charge in [-0.05, 0) is 51.4 Å². The van der Waals surface area contributed by atoms with Crippen molar-refractivity contribution >= 4 is 11.9 Å². The second-order valence-electron chi connectivity index (χ2n) is 7.78. The summed E-state index contributed by atoms with van der Waals surface area (Å²) in [6.07, 6.45) is 6.24. The van der Waals surface area contributed by atoms with Gasteiger partial charge in [-0.3, -0.25) is 4.79 Å². The molecule has 3 unspecified atom stereocenters. The first kappa shape index (κ1) is 18.2. The summed E-state index contributed by atoms with van der Waals surface area (Å²) >= 11 is 0. The summed E-state index contributed by atoms with van der Waals surface area (Å²) in [5.41, 5.74) is 0. The number of ether oxygens (including phenoxy) is 1. The van der Waals surface area contributed by atoms with Gasteiger partial charge < -0.3 is 15.4 Å². The van der Waals surface area contributed by atoms with Gasteiger partial charge in [0.15, 0.2) is 0 Å². The van der Waals surface area contributed by atoms with Crippen LogP contribution in [0.15, 0.2) is 0 Å². The van der Waals surface area contributed by atoms with E-state index in [2.05, 4.69) is 10.6 Å². The van der Waals surface area contributed by atoms with E-state index in [4.69, 9.17) is 4.74 Å². The Bertz CT molecular complexity index is 408. The van der Waals surface area contributed by atoms with Crippen LogP contribution in [0.1, 0.15) is 66.2 Å². The predicted octanol–water partition coefficient (Wildman–Crippen LogP) is 2.39. The Balaban J connectivity index is 1.92. The molecule has 0 aromatic rings. The minimum atomic E-state index is -0.547. The number of carbonyl (C=O) groups is 2. The molecule has 0 radical (unpaired) electrons. The molecule has 2 N–H and O–H groups in total. The Hall–Kier alpha value is -1.10. The molecule has 1 aliphatic heterocycles.